The second kappa shape index (κ2) is 8.39. The first kappa shape index (κ1) is 20.3. The highest BCUT2D eigenvalue weighted by molar-refractivity contribution is 7.80. The molecule has 1 heterocycles. The van der Waals surface area contributed by atoms with Crippen molar-refractivity contribution < 1.29 is 9.90 Å². The van der Waals surface area contributed by atoms with Crippen molar-refractivity contribution in [3.63, 3.8) is 0 Å². The number of aryl methyl sites for hydroxylation is 1. The molecule has 0 aliphatic carbocycles. The number of thiocarbonyl (C=S) groups is 1. The van der Waals surface area contributed by atoms with Crippen LogP contribution in [0.4, 0.5) is 5.69 Å². The standard InChI is InChI=1S/C22H16ClN3O2S2/c1-12-10-15(24-22(29)26-20(28)13-6-8-14(23)9-7-13)11-16(19(12)27)21-25-17-4-2-3-5-18(17)30-21/h2-11,27H,1H3,(H2,24,26,28,29). The minimum Gasteiger partial charge on any atom is -0.507 e. The van der Waals surface area contributed by atoms with Crippen LogP contribution in [-0.4, -0.2) is 21.1 Å². The van der Waals surface area contributed by atoms with Crippen molar-refractivity contribution in [3.05, 3.63) is 76.8 Å². The van der Waals surface area contributed by atoms with E-state index in [0.717, 1.165) is 10.2 Å². The minimum atomic E-state index is -0.342. The van der Waals surface area contributed by atoms with Gasteiger partial charge < -0.3 is 10.4 Å². The number of thiazole rings is 1. The maximum absolute atomic E-state index is 12.3. The van der Waals surface area contributed by atoms with Crippen LogP contribution >= 0.6 is 35.2 Å². The van der Waals surface area contributed by atoms with E-state index >= 15 is 0 Å². The van der Waals surface area contributed by atoms with E-state index in [1.165, 1.54) is 11.3 Å². The van der Waals surface area contributed by atoms with E-state index in [2.05, 4.69) is 15.6 Å². The van der Waals surface area contributed by atoms with Crippen molar-refractivity contribution in [3.8, 4) is 16.3 Å². The second-order valence-corrected chi connectivity index (χ2v) is 8.47. The van der Waals surface area contributed by atoms with Gasteiger partial charge in [0.05, 0.1) is 15.8 Å². The molecule has 150 valence electrons. The summed E-state index contributed by atoms with van der Waals surface area (Å²) in [6, 6.07) is 17.8. The Kier molecular flexibility index (Phi) is 5.67. The van der Waals surface area contributed by atoms with Crippen LogP contribution in [0.25, 0.3) is 20.8 Å². The predicted molar refractivity (Wildman–Crippen MR) is 127 cm³/mol. The number of halogens is 1. The number of phenols is 1. The number of nitrogens with zero attached hydrogens (tertiary/aromatic N) is 1. The number of para-hydroxylation sites is 1. The van der Waals surface area contributed by atoms with E-state index in [1.807, 2.05) is 24.3 Å². The number of benzene rings is 3. The Hall–Kier alpha value is -3.00. The van der Waals surface area contributed by atoms with Gasteiger partial charge >= 0.3 is 0 Å². The lowest BCUT2D eigenvalue weighted by atomic mass is 10.1. The zero-order chi connectivity index (χ0) is 21.3. The highest BCUT2D eigenvalue weighted by Gasteiger charge is 2.15. The summed E-state index contributed by atoms with van der Waals surface area (Å²) in [4.78, 5) is 17.0. The van der Waals surface area contributed by atoms with Crippen molar-refractivity contribution in [1.29, 1.82) is 0 Å². The summed E-state index contributed by atoms with van der Waals surface area (Å²) in [6.45, 7) is 1.80. The summed E-state index contributed by atoms with van der Waals surface area (Å²) in [6.07, 6.45) is 0. The summed E-state index contributed by atoms with van der Waals surface area (Å²) >= 11 is 12.6. The first-order chi connectivity index (χ1) is 14.4. The van der Waals surface area contributed by atoms with Gasteiger partial charge in [0.1, 0.15) is 10.8 Å². The number of amides is 1. The third-order valence-corrected chi connectivity index (χ3v) is 5.94. The summed E-state index contributed by atoms with van der Waals surface area (Å²) in [7, 11) is 0. The quantitative estimate of drug-likeness (QED) is 0.272. The third-order valence-electron chi connectivity index (χ3n) is 4.42. The van der Waals surface area contributed by atoms with Crippen molar-refractivity contribution in [2.24, 2.45) is 0 Å². The molecule has 3 N–H and O–H groups in total. The van der Waals surface area contributed by atoms with Crippen molar-refractivity contribution >= 4 is 62.1 Å². The van der Waals surface area contributed by atoms with E-state index in [-0.39, 0.29) is 16.8 Å². The smallest absolute Gasteiger partial charge is 0.257 e. The Morgan fingerprint density at radius 2 is 1.87 bits per heavy atom. The number of nitrogens with one attached hydrogen (secondary N) is 2. The molecule has 0 aliphatic heterocycles. The Morgan fingerprint density at radius 3 is 2.60 bits per heavy atom. The van der Waals surface area contributed by atoms with Crippen LogP contribution in [0.5, 0.6) is 5.75 Å². The van der Waals surface area contributed by atoms with E-state index in [1.54, 1.807) is 43.3 Å². The molecule has 0 unspecified atom stereocenters. The van der Waals surface area contributed by atoms with Gasteiger partial charge in [0.25, 0.3) is 5.91 Å². The molecule has 0 saturated carbocycles. The number of anilines is 1. The molecule has 4 aromatic rings. The molecule has 0 spiro atoms. The molecule has 3 aromatic carbocycles. The minimum absolute atomic E-state index is 0.148. The molecule has 0 atom stereocenters. The van der Waals surface area contributed by atoms with Crippen LogP contribution in [0.1, 0.15) is 15.9 Å². The topological polar surface area (TPSA) is 74.2 Å². The van der Waals surface area contributed by atoms with Gasteiger partial charge in [-0.15, -0.1) is 11.3 Å². The maximum atomic E-state index is 12.3. The number of hydrogen-bond acceptors (Lipinski definition) is 5. The summed E-state index contributed by atoms with van der Waals surface area (Å²) in [5.41, 5.74) is 3.23. The van der Waals surface area contributed by atoms with Gasteiger partial charge in [-0.1, -0.05) is 23.7 Å². The van der Waals surface area contributed by atoms with Crippen LogP contribution in [0.15, 0.2) is 60.7 Å². The summed E-state index contributed by atoms with van der Waals surface area (Å²) < 4.78 is 1.04. The van der Waals surface area contributed by atoms with E-state index < -0.39 is 0 Å². The fraction of sp³-hybridized carbons (Fsp3) is 0.0455. The Labute approximate surface area is 187 Å². The van der Waals surface area contributed by atoms with E-state index in [0.29, 0.717) is 32.4 Å². The van der Waals surface area contributed by atoms with Crippen LogP contribution in [-0.2, 0) is 0 Å². The number of carbonyl (C=O) groups excluding carboxylic acids is 1. The first-order valence-corrected chi connectivity index (χ1v) is 10.6. The number of aromatic nitrogens is 1. The zero-order valence-corrected chi connectivity index (χ0v) is 18.2. The number of carbonyl (C=O) groups is 1. The number of phenolic OH excluding ortho intramolecular Hbond substituents is 1. The molecule has 4 rings (SSSR count). The maximum Gasteiger partial charge on any atom is 0.257 e. The molecule has 0 saturated heterocycles. The van der Waals surface area contributed by atoms with E-state index in [4.69, 9.17) is 23.8 Å². The molecule has 0 fully saturated rings. The van der Waals surface area contributed by atoms with Crippen molar-refractivity contribution in [1.82, 2.24) is 10.3 Å². The average Bonchev–Trinajstić information content (AvgIpc) is 3.15. The van der Waals surface area contributed by atoms with Gasteiger partial charge in [-0.25, -0.2) is 4.98 Å². The molecule has 1 amide bonds. The average molecular weight is 454 g/mol. The van der Waals surface area contributed by atoms with Gasteiger partial charge in [0, 0.05) is 16.3 Å². The largest absolute Gasteiger partial charge is 0.507 e. The molecular formula is C22H16ClN3O2S2. The van der Waals surface area contributed by atoms with Gasteiger partial charge in [-0.2, -0.15) is 0 Å². The number of aromatic hydroxyl groups is 1. The fourth-order valence-corrected chi connectivity index (χ4v) is 4.26. The van der Waals surface area contributed by atoms with E-state index in [9.17, 15) is 9.90 Å². The van der Waals surface area contributed by atoms with Crippen LogP contribution in [0.2, 0.25) is 5.02 Å². The first-order valence-electron chi connectivity index (χ1n) is 8.98. The molecule has 0 radical (unpaired) electrons. The number of rotatable bonds is 3. The normalized spacial score (nSPS) is 10.7. The number of hydrogen-bond donors (Lipinski definition) is 3. The lowest BCUT2D eigenvalue weighted by Crippen LogP contribution is -2.34. The zero-order valence-electron chi connectivity index (χ0n) is 15.8. The SMILES string of the molecule is Cc1cc(NC(=S)NC(=O)c2ccc(Cl)cc2)cc(-c2nc3ccccc3s2)c1O. The molecule has 1 aromatic heterocycles. The van der Waals surface area contributed by atoms with Gasteiger partial charge in [-0.05, 0) is 73.2 Å². The van der Waals surface area contributed by atoms with Gasteiger partial charge in [0.2, 0.25) is 0 Å². The Morgan fingerprint density at radius 1 is 1.13 bits per heavy atom. The lowest BCUT2D eigenvalue weighted by Gasteiger charge is -2.13. The van der Waals surface area contributed by atoms with Crippen LogP contribution in [0.3, 0.4) is 0 Å². The predicted octanol–water partition coefficient (Wildman–Crippen LogP) is 5.76. The van der Waals surface area contributed by atoms with Crippen LogP contribution in [0, 0.1) is 6.92 Å². The Bertz CT molecular complexity index is 1240. The monoisotopic (exact) mass is 453 g/mol. The molecular weight excluding hydrogens is 438 g/mol. The number of fused-ring (bicyclic) bond motifs is 1. The lowest BCUT2D eigenvalue weighted by molar-refractivity contribution is 0.0977. The molecule has 8 heteroatoms. The molecule has 30 heavy (non-hydrogen) atoms. The van der Waals surface area contributed by atoms with Crippen molar-refractivity contribution in [2.45, 2.75) is 6.92 Å². The Balaban J connectivity index is 1.56. The summed E-state index contributed by atoms with van der Waals surface area (Å²) in [5, 5.41) is 17.6. The highest BCUT2D eigenvalue weighted by atomic mass is 35.5. The highest BCUT2D eigenvalue weighted by Crippen LogP contribution is 2.38. The van der Waals surface area contributed by atoms with Crippen LogP contribution < -0.4 is 10.6 Å². The third kappa shape index (κ3) is 4.28. The van der Waals surface area contributed by atoms with Gasteiger partial charge in [-0.3, -0.25) is 10.1 Å². The molecule has 0 aliphatic rings. The van der Waals surface area contributed by atoms with Crippen molar-refractivity contribution in [2.75, 3.05) is 5.32 Å². The summed E-state index contributed by atoms with van der Waals surface area (Å²) in [5.74, 6) is -0.179. The fourth-order valence-electron chi connectivity index (χ4n) is 2.94. The van der Waals surface area contributed by atoms with Gasteiger partial charge in [0.15, 0.2) is 5.11 Å². The second-order valence-electron chi connectivity index (χ2n) is 6.59. The molecule has 0 bridgehead atoms. The molecule has 5 nitrogen and oxygen atoms in total.